The summed E-state index contributed by atoms with van der Waals surface area (Å²) >= 11 is 0. The van der Waals surface area contributed by atoms with Gasteiger partial charge in [-0.1, -0.05) is 39.3 Å². The van der Waals surface area contributed by atoms with Crippen molar-refractivity contribution in [2.24, 2.45) is 11.8 Å². The van der Waals surface area contributed by atoms with E-state index in [0.29, 0.717) is 18.1 Å². The number of rotatable bonds is 6. The van der Waals surface area contributed by atoms with Crippen LogP contribution in [-0.2, 0) is 14.0 Å². The SMILES string of the molecule is CC[Si](CC)(CC)O[C@]1(C)/C(=C/C=C(C)C)O[C@@H]2C[C@@H](C)CC(=O)[C@@H]21. The largest absolute Gasteiger partial charge is 0.491 e. The van der Waals surface area contributed by atoms with Crippen molar-refractivity contribution < 1.29 is 14.0 Å². The molecule has 0 spiro atoms. The van der Waals surface area contributed by atoms with Crippen molar-refractivity contribution in [2.75, 3.05) is 0 Å². The fraction of sp³-hybridized carbons (Fsp3) is 0.762. The van der Waals surface area contributed by atoms with Gasteiger partial charge in [-0.2, -0.15) is 0 Å². The van der Waals surface area contributed by atoms with E-state index in [9.17, 15) is 4.79 Å². The molecule has 3 nitrogen and oxygen atoms in total. The summed E-state index contributed by atoms with van der Waals surface area (Å²) < 4.78 is 13.3. The zero-order valence-electron chi connectivity index (χ0n) is 17.1. The van der Waals surface area contributed by atoms with Crippen LogP contribution >= 0.6 is 0 Å². The minimum absolute atomic E-state index is 0.0321. The smallest absolute Gasteiger partial charge is 0.193 e. The Hall–Kier alpha value is -0.873. The average molecular weight is 365 g/mol. The van der Waals surface area contributed by atoms with Gasteiger partial charge in [-0.25, -0.2) is 0 Å². The summed E-state index contributed by atoms with van der Waals surface area (Å²) in [4.78, 5) is 12.9. The normalized spacial score (nSPS) is 34.0. The lowest BCUT2D eigenvalue weighted by Crippen LogP contribution is -2.53. The second kappa shape index (κ2) is 7.79. The molecule has 2 aliphatic rings. The molecule has 2 fully saturated rings. The highest BCUT2D eigenvalue weighted by Crippen LogP contribution is 2.50. The van der Waals surface area contributed by atoms with E-state index in [2.05, 4.69) is 54.5 Å². The van der Waals surface area contributed by atoms with Gasteiger partial charge in [-0.05, 0) is 57.3 Å². The molecular weight excluding hydrogens is 328 g/mol. The van der Waals surface area contributed by atoms with Crippen LogP contribution in [0.5, 0.6) is 0 Å². The zero-order valence-corrected chi connectivity index (χ0v) is 18.1. The average Bonchev–Trinajstić information content (AvgIpc) is 2.82. The van der Waals surface area contributed by atoms with Crippen molar-refractivity contribution in [3.8, 4) is 0 Å². The number of hydrogen-bond acceptors (Lipinski definition) is 3. The molecule has 1 aliphatic carbocycles. The Bertz CT molecular complexity index is 549. The third-order valence-electron chi connectivity index (χ3n) is 6.19. The molecule has 0 amide bonds. The van der Waals surface area contributed by atoms with E-state index in [0.717, 1.165) is 30.3 Å². The summed E-state index contributed by atoms with van der Waals surface area (Å²) in [7, 11) is -1.87. The fourth-order valence-electron chi connectivity index (χ4n) is 4.48. The van der Waals surface area contributed by atoms with Crippen LogP contribution < -0.4 is 0 Å². The van der Waals surface area contributed by atoms with Crippen LogP contribution in [0.3, 0.4) is 0 Å². The molecule has 0 bridgehead atoms. The van der Waals surface area contributed by atoms with Gasteiger partial charge < -0.3 is 9.16 Å². The summed E-state index contributed by atoms with van der Waals surface area (Å²) in [5, 5.41) is 0. The Morgan fingerprint density at radius 1 is 1.28 bits per heavy atom. The van der Waals surface area contributed by atoms with Gasteiger partial charge in [0.15, 0.2) is 8.32 Å². The summed E-state index contributed by atoms with van der Waals surface area (Å²) in [6.45, 7) is 15.1. The Labute approximate surface area is 155 Å². The maximum absolute atomic E-state index is 12.9. The van der Waals surface area contributed by atoms with Crippen molar-refractivity contribution >= 4 is 14.1 Å². The molecule has 0 aromatic rings. The second-order valence-corrected chi connectivity index (χ2v) is 13.1. The van der Waals surface area contributed by atoms with E-state index in [1.165, 1.54) is 5.57 Å². The molecule has 142 valence electrons. The van der Waals surface area contributed by atoms with Gasteiger partial charge >= 0.3 is 0 Å². The minimum atomic E-state index is -1.87. The molecule has 4 atom stereocenters. The third kappa shape index (κ3) is 3.95. The van der Waals surface area contributed by atoms with Crippen molar-refractivity contribution in [1.82, 2.24) is 0 Å². The molecule has 1 saturated carbocycles. The van der Waals surface area contributed by atoms with Gasteiger partial charge in [0, 0.05) is 6.42 Å². The quantitative estimate of drug-likeness (QED) is 0.573. The Morgan fingerprint density at radius 3 is 2.40 bits per heavy atom. The predicted octanol–water partition coefficient (Wildman–Crippen LogP) is 5.63. The number of carbonyl (C=O) groups is 1. The number of allylic oxidation sites excluding steroid dienone is 3. The summed E-state index contributed by atoms with van der Waals surface area (Å²) in [5.74, 6) is 1.42. The molecule has 2 rings (SSSR count). The number of ether oxygens (including phenoxy) is 1. The first-order valence-corrected chi connectivity index (χ1v) is 12.5. The molecule has 0 radical (unpaired) electrons. The number of Topliss-reactive ketones (excluding diaryl/α,β-unsaturated/α-hetero) is 1. The predicted molar refractivity (Wildman–Crippen MR) is 106 cm³/mol. The van der Waals surface area contributed by atoms with E-state index in [-0.39, 0.29) is 12.0 Å². The van der Waals surface area contributed by atoms with Crippen molar-refractivity contribution in [3.05, 3.63) is 23.5 Å². The number of fused-ring (bicyclic) bond motifs is 1. The minimum Gasteiger partial charge on any atom is -0.491 e. The van der Waals surface area contributed by atoms with Crippen LogP contribution in [0.2, 0.25) is 18.1 Å². The Morgan fingerprint density at radius 2 is 1.88 bits per heavy atom. The molecule has 1 heterocycles. The topological polar surface area (TPSA) is 35.5 Å². The molecule has 0 unspecified atom stereocenters. The number of hydrogen-bond donors (Lipinski definition) is 0. The monoisotopic (exact) mass is 364 g/mol. The first kappa shape index (κ1) is 20.4. The standard InChI is InChI=1S/C21H36O3Si/c1-8-25(9-2,10-3)24-21(7)19(12-11-15(4)5)23-18-14-16(6)13-17(22)20(18)21/h11-12,16,18,20H,8-10,13-14H2,1-7H3/b19-12-/t16-,18+,20-,21+/m0/s1. The molecule has 0 aromatic heterocycles. The van der Waals surface area contributed by atoms with Gasteiger partial charge in [0.1, 0.15) is 23.2 Å². The van der Waals surface area contributed by atoms with Gasteiger partial charge in [-0.15, -0.1) is 0 Å². The van der Waals surface area contributed by atoms with Crippen LogP contribution in [0.4, 0.5) is 0 Å². The lowest BCUT2D eigenvalue weighted by molar-refractivity contribution is -0.133. The molecule has 25 heavy (non-hydrogen) atoms. The lowest BCUT2D eigenvalue weighted by atomic mass is 9.73. The van der Waals surface area contributed by atoms with Gasteiger partial charge in [0.2, 0.25) is 0 Å². The molecular formula is C21H36O3Si. The zero-order chi connectivity index (χ0) is 18.8. The number of ketones is 1. The van der Waals surface area contributed by atoms with Crippen molar-refractivity contribution in [1.29, 1.82) is 0 Å². The van der Waals surface area contributed by atoms with Gasteiger partial charge in [0.25, 0.3) is 0 Å². The van der Waals surface area contributed by atoms with Crippen molar-refractivity contribution in [3.63, 3.8) is 0 Å². The Balaban J connectivity index is 2.48. The highest BCUT2D eigenvalue weighted by Gasteiger charge is 2.59. The van der Waals surface area contributed by atoms with E-state index in [1.807, 2.05) is 6.08 Å². The third-order valence-corrected chi connectivity index (χ3v) is 10.9. The van der Waals surface area contributed by atoms with Gasteiger partial charge in [-0.3, -0.25) is 4.79 Å². The summed E-state index contributed by atoms with van der Waals surface area (Å²) in [6.07, 6.45) is 5.69. The second-order valence-electron chi connectivity index (χ2n) is 8.37. The summed E-state index contributed by atoms with van der Waals surface area (Å²) in [5.41, 5.74) is 0.611. The number of carbonyl (C=O) groups excluding carboxylic acids is 1. The van der Waals surface area contributed by atoms with E-state index < -0.39 is 13.9 Å². The maximum atomic E-state index is 12.9. The molecule has 4 heteroatoms. The highest BCUT2D eigenvalue weighted by molar-refractivity contribution is 6.73. The van der Waals surface area contributed by atoms with E-state index >= 15 is 0 Å². The highest BCUT2D eigenvalue weighted by atomic mass is 28.4. The Kier molecular flexibility index (Phi) is 6.37. The maximum Gasteiger partial charge on any atom is 0.193 e. The summed E-state index contributed by atoms with van der Waals surface area (Å²) in [6, 6.07) is 3.23. The first-order valence-electron chi connectivity index (χ1n) is 9.96. The van der Waals surface area contributed by atoms with Crippen molar-refractivity contribution in [2.45, 2.75) is 91.1 Å². The molecule has 1 aliphatic heterocycles. The van der Waals surface area contributed by atoms with Gasteiger partial charge in [0.05, 0.1) is 5.92 Å². The van der Waals surface area contributed by atoms with E-state index in [1.54, 1.807) is 0 Å². The lowest BCUT2D eigenvalue weighted by Gasteiger charge is -2.41. The van der Waals surface area contributed by atoms with Crippen LogP contribution in [0.25, 0.3) is 0 Å². The molecule has 0 aromatic carbocycles. The molecule has 0 N–H and O–H groups in total. The van der Waals surface area contributed by atoms with Crippen LogP contribution in [0.15, 0.2) is 23.5 Å². The van der Waals surface area contributed by atoms with Crippen LogP contribution in [-0.4, -0.2) is 25.8 Å². The van der Waals surface area contributed by atoms with Crippen LogP contribution in [0, 0.1) is 11.8 Å². The molecule has 1 saturated heterocycles. The fourth-order valence-corrected chi connectivity index (χ4v) is 7.54. The van der Waals surface area contributed by atoms with Crippen LogP contribution in [0.1, 0.15) is 61.3 Å². The first-order chi connectivity index (χ1) is 11.7. The van der Waals surface area contributed by atoms with E-state index in [4.69, 9.17) is 9.16 Å².